The summed E-state index contributed by atoms with van der Waals surface area (Å²) < 4.78 is 5.61. The number of nitrogens with one attached hydrogen (secondary N) is 1. The average Bonchev–Trinajstić information content (AvgIpc) is 2.30. The molecule has 0 saturated carbocycles. The van der Waals surface area contributed by atoms with Crippen molar-refractivity contribution in [2.75, 3.05) is 26.2 Å². The Balaban J connectivity index is 1.92. The van der Waals surface area contributed by atoms with Gasteiger partial charge in [-0.05, 0) is 25.9 Å². The largest absolute Gasteiger partial charge is 0.365 e. The molecular weight excluding hydrogens is 192 g/mol. The molecule has 4 nitrogen and oxygen atoms in total. The second-order valence-corrected chi connectivity index (χ2v) is 4.35. The van der Waals surface area contributed by atoms with Crippen LogP contribution >= 0.6 is 0 Å². The third-order valence-corrected chi connectivity index (χ3v) is 3.43. The molecule has 2 saturated heterocycles. The molecule has 2 fully saturated rings. The Morgan fingerprint density at radius 1 is 1.53 bits per heavy atom. The zero-order chi connectivity index (χ0) is 10.7. The van der Waals surface area contributed by atoms with Gasteiger partial charge < -0.3 is 10.1 Å². The van der Waals surface area contributed by atoms with Crippen molar-refractivity contribution in [2.45, 2.75) is 38.3 Å². The van der Waals surface area contributed by atoms with Gasteiger partial charge in [-0.2, -0.15) is 0 Å². The highest BCUT2D eigenvalue weighted by atomic mass is 16.5. The molecule has 0 bridgehead atoms. The number of rotatable bonds is 2. The van der Waals surface area contributed by atoms with Crippen molar-refractivity contribution in [3.8, 4) is 0 Å². The molecule has 2 heterocycles. The number of hydrogen-bond donors (Lipinski definition) is 1. The van der Waals surface area contributed by atoms with Crippen LogP contribution in [0.25, 0.3) is 0 Å². The summed E-state index contributed by atoms with van der Waals surface area (Å²) in [6.45, 7) is 5.37. The molecule has 2 aliphatic rings. The van der Waals surface area contributed by atoms with Gasteiger partial charge in [0.15, 0.2) is 0 Å². The molecule has 4 heteroatoms. The maximum atomic E-state index is 11.0. The topological polar surface area (TPSA) is 41.6 Å². The summed E-state index contributed by atoms with van der Waals surface area (Å²) in [7, 11) is 0. The number of nitrogens with zero attached hydrogens (tertiary/aromatic N) is 1. The number of hydrogen-bond acceptors (Lipinski definition) is 3. The molecule has 0 spiro atoms. The quantitative estimate of drug-likeness (QED) is 0.719. The lowest BCUT2D eigenvalue weighted by Crippen LogP contribution is -2.55. The minimum Gasteiger partial charge on any atom is -0.365 e. The minimum atomic E-state index is 0.0186. The van der Waals surface area contributed by atoms with Crippen LogP contribution in [-0.4, -0.2) is 49.2 Å². The monoisotopic (exact) mass is 212 g/mol. The minimum absolute atomic E-state index is 0.0186. The lowest BCUT2D eigenvalue weighted by molar-refractivity contribution is -0.137. The molecule has 0 aromatic carbocycles. The van der Waals surface area contributed by atoms with Crippen LogP contribution in [0.15, 0.2) is 0 Å². The molecule has 2 rings (SSSR count). The Morgan fingerprint density at radius 3 is 3.07 bits per heavy atom. The van der Waals surface area contributed by atoms with E-state index >= 15 is 0 Å². The fourth-order valence-corrected chi connectivity index (χ4v) is 2.58. The molecule has 0 aromatic heterocycles. The first-order valence-electron chi connectivity index (χ1n) is 5.93. The SMILES string of the molecule is CCN1CCCCC1C1CNC(=O)CO1. The van der Waals surface area contributed by atoms with Gasteiger partial charge in [0.1, 0.15) is 6.61 Å². The molecule has 0 radical (unpaired) electrons. The number of amides is 1. The molecule has 15 heavy (non-hydrogen) atoms. The maximum absolute atomic E-state index is 11.0. The van der Waals surface area contributed by atoms with Crippen LogP contribution in [0.3, 0.4) is 0 Å². The predicted molar refractivity (Wildman–Crippen MR) is 57.6 cm³/mol. The second kappa shape index (κ2) is 4.94. The predicted octanol–water partition coefficient (Wildman–Crippen LogP) is 0.376. The number of likely N-dealkylation sites (N-methyl/N-ethyl adjacent to an activating group) is 1. The highest BCUT2D eigenvalue weighted by Crippen LogP contribution is 2.21. The van der Waals surface area contributed by atoms with Crippen molar-refractivity contribution in [3.05, 3.63) is 0 Å². The first-order valence-corrected chi connectivity index (χ1v) is 5.93. The lowest BCUT2D eigenvalue weighted by atomic mass is 9.96. The van der Waals surface area contributed by atoms with E-state index in [9.17, 15) is 4.79 Å². The van der Waals surface area contributed by atoms with Crippen molar-refractivity contribution >= 4 is 5.91 Å². The van der Waals surface area contributed by atoms with Gasteiger partial charge in [0.2, 0.25) is 5.91 Å². The standard InChI is InChI=1S/C11H20N2O2/c1-2-13-6-4-3-5-9(13)10-7-12-11(14)8-15-10/h9-10H,2-8H2,1H3,(H,12,14). The summed E-state index contributed by atoms with van der Waals surface area (Å²) in [5.41, 5.74) is 0. The van der Waals surface area contributed by atoms with E-state index in [2.05, 4.69) is 17.1 Å². The molecule has 2 atom stereocenters. The zero-order valence-electron chi connectivity index (χ0n) is 9.37. The highest BCUT2D eigenvalue weighted by molar-refractivity contribution is 5.77. The Bertz CT molecular complexity index is 223. The highest BCUT2D eigenvalue weighted by Gasteiger charge is 2.32. The molecule has 2 aliphatic heterocycles. The molecule has 1 amide bonds. The van der Waals surface area contributed by atoms with Gasteiger partial charge in [0.05, 0.1) is 6.10 Å². The van der Waals surface area contributed by atoms with Crippen molar-refractivity contribution in [3.63, 3.8) is 0 Å². The fraction of sp³-hybridized carbons (Fsp3) is 0.909. The fourth-order valence-electron chi connectivity index (χ4n) is 2.58. The van der Waals surface area contributed by atoms with Gasteiger partial charge in [0, 0.05) is 12.6 Å². The maximum Gasteiger partial charge on any atom is 0.246 e. The molecule has 2 unspecified atom stereocenters. The normalized spacial score (nSPS) is 33.8. The first kappa shape index (κ1) is 10.9. The molecule has 0 aromatic rings. The van der Waals surface area contributed by atoms with Gasteiger partial charge in [-0.15, -0.1) is 0 Å². The van der Waals surface area contributed by atoms with E-state index in [0.29, 0.717) is 12.6 Å². The summed E-state index contributed by atoms with van der Waals surface area (Å²) in [6.07, 6.45) is 3.98. The summed E-state index contributed by atoms with van der Waals surface area (Å²) in [6, 6.07) is 0.504. The van der Waals surface area contributed by atoms with E-state index in [-0.39, 0.29) is 18.6 Å². The van der Waals surface area contributed by atoms with Gasteiger partial charge in [-0.1, -0.05) is 13.3 Å². The van der Waals surface area contributed by atoms with Crippen LogP contribution in [0.4, 0.5) is 0 Å². The van der Waals surface area contributed by atoms with Crippen molar-refractivity contribution in [1.82, 2.24) is 10.2 Å². The van der Waals surface area contributed by atoms with E-state index in [4.69, 9.17) is 4.74 Å². The Morgan fingerprint density at radius 2 is 2.40 bits per heavy atom. The third kappa shape index (κ3) is 2.49. The van der Waals surface area contributed by atoms with Crippen LogP contribution in [-0.2, 0) is 9.53 Å². The smallest absolute Gasteiger partial charge is 0.246 e. The molecule has 1 N–H and O–H groups in total. The van der Waals surface area contributed by atoms with Gasteiger partial charge in [0.25, 0.3) is 0 Å². The van der Waals surface area contributed by atoms with Crippen molar-refractivity contribution < 1.29 is 9.53 Å². The van der Waals surface area contributed by atoms with Gasteiger partial charge in [-0.3, -0.25) is 9.69 Å². The summed E-state index contributed by atoms with van der Waals surface area (Å²) in [5.74, 6) is 0.0186. The van der Waals surface area contributed by atoms with E-state index in [1.807, 2.05) is 0 Å². The summed E-state index contributed by atoms with van der Waals surface area (Å²) in [4.78, 5) is 13.5. The van der Waals surface area contributed by atoms with Crippen LogP contribution < -0.4 is 5.32 Å². The van der Waals surface area contributed by atoms with Crippen LogP contribution in [0.1, 0.15) is 26.2 Å². The molecule has 0 aliphatic carbocycles. The van der Waals surface area contributed by atoms with Crippen molar-refractivity contribution in [2.24, 2.45) is 0 Å². The van der Waals surface area contributed by atoms with Gasteiger partial charge in [-0.25, -0.2) is 0 Å². The van der Waals surface area contributed by atoms with E-state index in [1.54, 1.807) is 0 Å². The van der Waals surface area contributed by atoms with Crippen LogP contribution in [0, 0.1) is 0 Å². The summed E-state index contributed by atoms with van der Waals surface area (Å²) in [5, 5.41) is 2.88. The Labute approximate surface area is 91.0 Å². The first-order chi connectivity index (χ1) is 7.31. The van der Waals surface area contributed by atoms with E-state index < -0.39 is 0 Å². The lowest BCUT2D eigenvalue weighted by Gasteiger charge is -2.40. The number of piperidine rings is 1. The molecule has 86 valence electrons. The number of carbonyl (C=O) groups is 1. The Kier molecular flexibility index (Phi) is 3.59. The van der Waals surface area contributed by atoms with Gasteiger partial charge >= 0.3 is 0 Å². The number of carbonyl (C=O) groups excluding carboxylic acids is 1. The zero-order valence-corrected chi connectivity index (χ0v) is 9.37. The van der Waals surface area contributed by atoms with Crippen LogP contribution in [0.2, 0.25) is 0 Å². The van der Waals surface area contributed by atoms with E-state index in [1.165, 1.54) is 25.8 Å². The number of likely N-dealkylation sites (tertiary alicyclic amines) is 1. The Hall–Kier alpha value is -0.610. The average molecular weight is 212 g/mol. The number of ether oxygens (including phenoxy) is 1. The van der Waals surface area contributed by atoms with Crippen LogP contribution in [0.5, 0.6) is 0 Å². The van der Waals surface area contributed by atoms with Crippen molar-refractivity contribution in [1.29, 1.82) is 0 Å². The summed E-state index contributed by atoms with van der Waals surface area (Å²) >= 11 is 0. The number of morpholine rings is 1. The molecular formula is C11H20N2O2. The third-order valence-electron chi connectivity index (χ3n) is 3.43. The van der Waals surface area contributed by atoms with E-state index in [0.717, 1.165) is 6.54 Å². The second-order valence-electron chi connectivity index (χ2n) is 4.35.